The van der Waals surface area contributed by atoms with Crippen LogP contribution in [0.2, 0.25) is 0 Å². The minimum atomic E-state index is -3.88. The van der Waals surface area contributed by atoms with Crippen LogP contribution in [0.25, 0.3) is 10.1 Å². The number of terminal acetylenes is 1. The molecule has 2 atom stereocenters. The Balaban J connectivity index is 1.36. The fraction of sp³-hybridized carbons (Fsp3) is 0.417. The van der Waals surface area contributed by atoms with Crippen molar-refractivity contribution in [1.29, 1.82) is 0 Å². The summed E-state index contributed by atoms with van der Waals surface area (Å²) in [5.74, 6) is 2.15. The van der Waals surface area contributed by atoms with E-state index in [0.717, 1.165) is 32.1 Å². The minimum Gasteiger partial charge on any atom is -0.364 e. The number of piperazine rings is 1. The van der Waals surface area contributed by atoms with E-state index in [1.165, 1.54) is 21.3 Å². The number of thioether (sulfide) groups is 1. The molecule has 1 aromatic carbocycles. The smallest absolute Gasteiger partial charge is 0.339 e. The number of hydrogen-bond donors (Lipinski definition) is 2. The van der Waals surface area contributed by atoms with Crippen LogP contribution in [0.15, 0.2) is 39.2 Å². The highest BCUT2D eigenvalue weighted by Crippen LogP contribution is 2.39. The fourth-order valence-electron chi connectivity index (χ4n) is 4.72. The van der Waals surface area contributed by atoms with E-state index in [-0.39, 0.29) is 35.2 Å². The van der Waals surface area contributed by atoms with Crippen LogP contribution in [-0.2, 0) is 14.8 Å². The zero-order valence-electron chi connectivity index (χ0n) is 20.7. The van der Waals surface area contributed by atoms with E-state index in [9.17, 15) is 18.0 Å². The van der Waals surface area contributed by atoms with Gasteiger partial charge in [-0.3, -0.25) is 10.2 Å². The Morgan fingerprint density at radius 2 is 2.00 bits per heavy atom. The van der Waals surface area contributed by atoms with E-state index in [1.807, 2.05) is 7.05 Å². The molecule has 1 saturated heterocycles. The number of amides is 3. The van der Waals surface area contributed by atoms with Gasteiger partial charge in [0.2, 0.25) is 5.91 Å². The lowest BCUT2D eigenvalue weighted by Crippen LogP contribution is -2.64. The second kappa shape index (κ2) is 9.75. The van der Waals surface area contributed by atoms with Crippen molar-refractivity contribution in [2.75, 3.05) is 40.3 Å². The molecule has 2 unspecified atom stereocenters. The first-order chi connectivity index (χ1) is 17.6. The first-order valence-electron chi connectivity index (χ1n) is 11.8. The van der Waals surface area contributed by atoms with Crippen molar-refractivity contribution in [2.45, 2.75) is 29.0 Å². The van der Waals surface area contributed by atoms with Crippen LogP contribution in [0.4, 0.5) is 4.79 Å². The molecule has 0 aliphatic carbocycles. The van der Waals surface area contributed by atoms with Gasteiger partial charge in [0, 0.05) is 62.7 Å². The van der Waals surface area contributed by atoms with Crippen molar-refractivity contribution in [3.63, 3.8) is 0 Å². The SMILES string of the molecule is C#Cc1ccc2cc(S(=O)(=O)N3CCN(C(=O)N4CCC5=C(N4)SC(C)N5C)C(C(=O)NC)C3)sc2c1. The van der Waals surface area contributed by atoms with E-state index in [4.69, 9.17) is 6.42 Å². The number of benzene rings is 1. The number of fused-ring (bicyclic) bond motifs is 1. The van der Waals surface area contributed by atoms with Crippen molar-refractivity contribution in [3.05, 3.63) is 40.6 Å². The Kier molecular flexibility index (Phi) is 6.78. The molecule has 0 saturated carbocycles. The topological polar surface area (TPSA) is 105 Å². The molecule has 0 radical (unpaired) electrons. The van der Waals surface area contributed by atoms with E-state index < -0.39 is 22.0 Å². The number of carbonyl (C=O) groups is 2. The van der Waals surface area contributed by atoms with Crippen molar-refractivity contribution in [3.8, 4) is 12.3 Å². The summed E-state index contributed by atoms with van der Waals surface area (Å²) in [5, 5.41) is 6.10. The third kappa shape index (κ3) is 4.52. The molecule has 1 fully saturated rings. The Morgan fingerprint density at radius 1 is 1.22 bits per heavy atom. The summed E-state index contributed by atoms with van der Waals surface area (Å²) in [5.41, 5.74) is 5.05. The average molecular weight is 561 g/mol. The number of sulfonamides is 1. The molecule has 2 aromatic rings. The maximum Gasteiger partial charge on any atom is 0.339 e. The normalized spacial score (nSPS) is 22.6. The molecule has 2 N–H and O–H groups in total. The van der Waals surface area contributed by atoms with Crippen LogP contribution in [0.1, 0.15) is 18.9 Å². The van der Waals surface area contributed by atoms with Crippen LogP contribution in [0.5, 0.6) is 0 Å². The number of nitrogens with one attached hydrogen (secondary N) is 2. The van der Waals surface area contributed by atoms with Crippen molar-refractivity contribution >= 4 is 55.1 Å². The Morgan fingerprint density at radius 3 is 2.73 bits per heavy atom. The first kappa shape index (κ1) is 25.7. The molecule has 196 valence electrons. The second-order valence-electron chi connectivity index (χ2n) is 9.05. The fourth-order valence-corrected chi connectivity index (χ4v) is 8.92. The molecule has 3 aliphatic heterocycles. The highest BCUT2D eigenvalue weighted by Gasteiger charge is 2.43. The minimum absolute atomic E-state index is 0.0850. The van der Waals surface area contributed by atoms with Crippen LogP contribution in [-0.4, -0.2) is 91.2 Å². The quantitative estimate of drug-likeness (QED) is 0.552. The number of hydrogen-bond acceptors (Lipinski definition) is 8. The van der Waals surface area contributed by atoms with E-state index >= 15 is 0 Å². The number of carbonyl (C=O) groups excluding carboxylic acids is 2. The Bertz CT molecular complexity index is 1450. The van der Waals surface area contributed by atoms with E-state index in [0.29, 0.717) is 18.5 Å². The standard InChI is InChI=1S/C24H28N6O4S3/c1-5-16-6-7-17-13-21(36-20(17)12-16)37(33,34)28-10-11-29(19(14-28)22(31)25-3)24(32)30-9-8-18-23(26-30)35-15(2)27(18)4/h1,6-7,12-13,15,19,26H,8-11,14H2,2-4H3,(H,25,31). The summed E-state index contributed by atoms with van der Waals surface area (Å²) in [6.07, 6.45) is 6.18. The maximum atomic E-state index is 13.6. The number of likely N-dealkylation sites (N-methyl/N-ethyl adjacent to an activating group) is 1. The monoisotopic (exact) mass is 560 g/mol. The molecule has 0 bridgehead atoms. The Hall–Kier alpha value is -2.92. The van der Waals surface area contributed by atoms with Gasteiger partial charge in [-0.15, -0.1) is 17.8 Å². The summed E-state index contributed by atoms with van der Waals surface area (Å²) in [7, 11) is -0.364. The molecular weight excluding hydrogens is 533 g/mol. The van der Waals surface area contributed by atoms with Crippen LogP contribution < -0.4 is 10.7 Å². The largest absolute Gasteiger partial charge is 0.364 e. The highest BCUT2D eigenvalue weighted by molar-refractivity contribution is 8.03. The third-order valence-electron chi connectivity index (χ3n) is 6.96. The van der Waals surface area contributed by atoms with E-state index in [1.54, 1.807) is 36.0 Å². The zero-order valence-corrected chi connectivity index (χ0v) is 23.2. The summed E-state index contributed by atoms with van der Waals surface area (Å²) >= 11 is 2.79. The van der Waals surface area contributed by atoms with Gasteiger partial charge in [-0.25, -0.2) is 18.2 Å². The zero-order chi connectivity index (χ0) is 26.5. The molecule has 3 aliphatic rings. The molecule has 4 heterocycles. The molecule has 5 rings (SSSR count). The van der Waals surface area contributed by atoms with Crippen molar-refractivity contribution < 1.29 is 18.0 Å². The van der Waals surface area contributed by atoms with Gasteiger partial charge in [0.1, 0.15) is 15.3 Å². The van der Waals surface area contributed by atoms with Gasteiger partial charge < -0.3 is 15.1 Å². The number of urea groups is 1. The van der Waals surface area contributed by atoms with Crippen LogP contribution >= 0.6 is 23.1 Å². The molecule has 0 spiro atoms. The lowest BCUT2D eigenvalue weighted by molar-refractivity contribution is -0.126. The molecule has 10 nitrogen and oxygen atoms in total. The molecule has 37 heavy (non-hydrogen) atoms. The molecular formula is C24H28N6O4S3. The summed E-state index contributed by atoms with van der Waals surface area (Å²) in [4.78, 5) is 30.0. The van der Waals surface area contributed by atoms with Gasteiger partial charge in [-0.05, 0) is 30.5 Å². The molecule has 1 aromatic heterocycles. The number of rotatable bonds is 3. The van der Waals surface area contributed by atoms with Gasteiger partial charge in [-0.2, -0.15) is 4.31 Å². The van der Waals surface area contributed by atoms with Crippen LogP contribution in [0, 0.1) is 12.3 Å². The lowest BCUT2D eigenvalue weighted by Gasteiger charge is -2.42. The number of hydrazine groups is 1. The van der Waals surface area contributed by atoms with Gasteiger partial charge in [0.25, 0.3) is 10.0 Å². The molecule has 13 heteroatoms. The van der Waals surface area contributed by atoms with Gasteiger partial charge in [-0.1, -0.05) is 23.7 Å². The maximum absolute atomic E-state index is 13.6. The summed E-state index contributed by atoms with van der Waals surface area (Å²) in [6.45, 7) is 2.60. The average Bonchev–Trinajstić information content (AvgIpc) is 3.47. The molecule has 3 amide bonds. The van der Waals surface area contributed by atoms with Crippen molar-refractivity contribution in [1.82, 2.24) is 29.9 Å². The van der Waals surface area contributed by atoms with Crippen LogP contribution in [0.3, 0.4) is 0 Å². The third-order valence-corrected chi connectivity index (χ3v) is 11.6. The van der Waals surface area contributed by atoms with E-state index in [2.05, 4.69) is 28.5 Å². The lowest BCUT2D eigenvalue weighted by atomic mass is 10.2. The second-order valence-corrected chi connectivity index (χ2v) is 13.6. The predicted molar refractivity (Wildman–Crippen MR) is 145 cm³/mol. The van der Waals surface area contributed by atoms with Gasteiger partial charge in [0.05, 0.1) is 5.37 Å². The highest BCUT2D eigenvalue weighted by atomic mass is 32.2. The van der Waals surface area contributed by atoms with Crippen molar-refractivity contribution in [2.24, 2.45) is 0 Å². The summed E-state index contributed by atoms with van der Waals surface area (Å²) < 4.78 is 29.4. The summed E-state index contributed by atoms with van der Waals surface area (Å²) in [6, 6.07) is 5.69. The van der Waals surface area contributed by atoms with Gasteiger partial charge in [0.15, 0.2) is 0 Å². The van der Waals surface area contributed by atoms with Gasteiger partial charge >= 0.3 is 6.03 Å². The first-order valence-corrected chi connectivity index (χ1v) is 15.0. The predicted octanol–water partition coefficient (Wildman–Crippen LogP) is 1.83. The number of nitrogens with zero attached hydrogens (tertiary/aromatic N) is 4. The Labute approximate surface area is 224 Å². The number of thiophene rings is 1.